The van der Waals surface area contributed by atoms with Gasteiger partial charge in [0.25, 0.3) is 0 Å². The number of rotatable bonds is 4. The molecule has 0 fully saturated rings. The number of carbonyl (C=O) groups is 1. The zero-order valence-electron chi connectivity index (χ0n) is 10.3. The first-order valence-corrected chi connectivity index (χ1v) is 7.13. The first kappa shape index (κ1) is 14.0. The molecule has 0 spiro atoms. The highest BCUT2D eigenvalue weighted by Crippen LogP contribution is 2.26. The van der Waals surface area contributed by atoms with Gasteiger partial charge in [0, 0.05) is 4.88 Å². The fraction of sp³-hybridized carbons (Fsp3) is 0.214. The average Bonchev–Trinajstić information content (AvgIpc) is 2.90. The van der Waals surface area contributed by atoms with Gasteiger partial charge in [-0.2, -0.15) is 0 Å². The second kappa shape index (κ2) is 6.17. The van der Waals surface area contributed by atoms with Gasteiger partial charge in [-0.3, -0.25) is 4.79 Å². The Bertz CT molecular complexity index is 539. The normalized spacial score (nSPS) is 13.8. The lowest BCUT2D eigenvalue weighted by Crippen LogP contribution is -2.33. The van der Waals surface area contributed by atoms with E-state index in [2.05, 4.69) is 5.32 Å². The zero-order valence-corrected chi connectivity index (χ0v) is 11.8. The third-order valence-electron chi connectivity index (χ3n) is 2.68. The van der Waals surface area contributed by atoms with Crippen molar-refractivity contribution in [3.63, 3.8) is 0 Å². The first-order chi connectivity index (χ1) is 9.08. The fourth-order valence-corrected chi connectivity index (χ4v) is 2.55. The number of alkyl halides is 1. The maximum atomic E-state index is 13.0. The predicted molar refractivity (Wildman–Crippen MR) is 76.0 cm³/mol. The van der Waals surface area contributed by atoms with Crippen LogP contribution in [0.1, 0.15) is 23.4 Å². The van der Waals surface area contributed by atoms with Crippen LogP contribution in [0, 0.1) is 5.82 Å². The minimum absolute atomic E-state index is 0.246. The minimum Gasteiger partial charge on any atom is -0.343 e. The monoisotopic (exact) mass is 297 g/mol. The Balaban J connectivity index is 2.29. The summed E-state index contributed by atoms with van der Waals surface area (Å²) < 4.78 is 13.0. The summed E-state index contributed by atoms with van der Waals surface area (Å²) in [6, 6.07) is 9.63. The van der Waals surface area contributed by atoms with Gasteiger partial charge in [0.1, 0.15) is 11.2 Å². The molecule has 1 heterocycles. The lowest BCUT2D eigenvalue weighted by atomic mass is 10.1. The van der Waals surface area contributed by atoms with Crippen LogP contribution in [-0.4, -0.2) is 11.3 Å². The highest BCUT2D eigenvalue weighted by molar-refractivity contribution is 7.10. The summed E-state index contributed by atoms with van der Waals surface area (Å²) in [4.78, 5) is 12.8. The largest absolute Gasteiger partial charge is 0.343 e. The number of hydrogen-bond donors (Lipinski definition) is 1. The molecule has 2 atom stereocenters. The standard InChI is InChI=1S/C14H13ClFNOS/c1-9(15)14(18)17-13(12-3-2-8-19-12)10-4-6-11(16)7-5-10/h2-9,13H,1H3,(H,17,18). The van der Waals surface area contributed by atoms with Crippen LogP contribution in [0.3, 0.4) is 0 Å². The van der Waals surface area contributed by atoms with E-state index in [0.29, 0.717) is 0 Å². The van der Waals surface area contributed by atoms with Gasteiger partial charge >= 0.3 is 0 Å². The van der Waals surface area contributed by atoms with Crippen molar-refractivity contribution >= 4 is 28.8 Å². The van der Waals surface area contributed by atoms with E-state index in [4.69, 9.17) is 11.6 Å². The second-order valence-electron chi connectivity index (χ2n) is 4.12. The topological polar surface area (TPSA) is 29.1 Å². The van der Waals surface area contributed by atoms with Crippen molar-refractivity contribution in [2.75, 3.05) is 0 Å². The smallest absolute Gasteiger partial charge is 0.238 e. The minimum atomic E-state index is -0.608. The van der Waals surface area contributed by atoms with Gasteiger partial charge in [0.2, 0.25) is 5.91 Å². The van der Waals surface area contributed by atoms with E-state index in [1.165, 1.54) is 23.5 Å². The van der Waals surface area contributed by atoms with Gasteiger partial charge in [-0.25, -0.2) is 4.39 Å². The molecule has 0 radical (unpaired) electrons. The number of halogens is 2. The van der Waals surface area contributed by atoms with Crippen LogP contribution in [0.2, 0.25) is 0 Å². The summed E-state index contributed by atoms with van der Waals surface area (Å²) >= 11 is 7.31. The van der Waals surface area contributed by atoms with Crippen LogP contribution in [0.4, 0.5) is 4.39 Å². The maximum absolute atomic E-state index is 13.0. The molecule has 1 aromatic heterocycles. The van der Waals surface area contributed by atoms with Crippen molar-refractivity contribution in [2.45, 2.75) is 18.3 Å². The van der Waals surface area contributed by atoms with Gasteiger partial charge in [-0.1, -0.05) is 18.2 Å². The summed E-state index contributed by atoms with van der Waals surface area (Å²) in [7, 11) is 0. The molecule has 0 saturated carbocycles. The first-order valence-electron chi connectivity index (χ1n) is 5.81. The molecule has 2 rings (SSSR count). The summed E-state index contributed by atoms with van der Waals surface area (Å²) in [6.45, 7) is 1.62. The van der Waals surface area contributed by atoms with Gasteiger partial charge in [0.05, 0.1) is 6.04 Å². The summed E-state index contributed by atoms with van der Waals surface area (Å²) in [5.74, 6) is -0.546. The Morgan fingerprint density at radius 1 is 1.32 bits per heavy atom. The van der Waals surface area contributed by atoms with Crippen LogP contribution in [0.15, 0.2) is 41.8 Å². The SMILES string of the molecule is CC(Cl)C(=O)NC(c1ccc(F)cc1)c1cccs1. The molecule has 100 valence electrons. The fourth-order valence-electron chi connectivity index (χ4n) is 1.69. The molecule has 5 heteroatoms. The van der Waals surface area contributed by atoms with E-state index in [-0.39, 0.29) is 17.8 Å². The third kappa shape index (κ3) is 3.55. The molecule has 1 N–H and O–H groups in total. The maximum Gasteiger partial charge on any atom is 0.238 e. The summed E-state index contributed by atoms with van der Waals surface area (Å²) in [5, 5.41) is 4.20. The van der Waals surface area contributed by atoms with Crippen molar-refractivity contribution in [2.24, 2.45) is 0 Å². The van der Waals surface area contributed by atoms with Crippen LogP contribution in [-0.2, 0) is 4.79 Å². The quantitative estimate of drug-likeness (QED) is 0.856. The van der Waals surface area contributed by atoms with E-state index in [1.54, 1.807) is 19.1 Å². The Hall–Kier alpha value is -1.39. The molecule has 0 aliphatic rings. The van der Waals surface area contributed by atoms with E-state index >= 15 is 0 Å². The molecule has 1 aromatic carbocycles. The average molecular weight is 298 g/mol. The lowest BCUT2D eigenvalue weighted by Gasteiger charge is -2.19. The number of nitrogens with one attached hydrogen (secondary N) is 1. The molecule has 0 aliphatic carbocycles. The van der Waals surface area contributed by atoms with Gasteiger partial charge < -0.3 is 5.32 Å². The molecule has 0 bridgehead atoms. The highest BCUT2D eigenvalue weighted by atomic mass is 35.5. The molecular formula is C14H13ClFNOS. The van der Waals surface area contributed by atoms with Crippen LogP contribution < -0.4 is 5.32 Å². The van der Waals surface area contributed by atoms with Crippen molar-refractivity contribution in [1.82, 2.24) is 5.32 Å². The molecule has 0 saturated heterocycles. The number of thiophene rings is 1. The molecule has 19 heavy (non-hydrogen) atoms. The van der Waals surface area contributed by atoms with Crippen molar-refractivity contribution < 1.29 is 9.18 Å². The molecule has 2 unspecified atom stereocenters. The highest BCUT2D eigenvalue weighted by Gasteiger charge is 2.20. The number of hydrogen-bond acceptors (Lipinski definition) is 2. The summed E-state index contributed by atoms with van der Waals surface area (Å²) in [6.07, 6.45) is 0. The second-order valence-corrected chi connectivity index (χ2v) is 5.76. The van der Waals surface area contributed by atoms with E-state index in [0.717, 1.165) is 10.4 Å². The Morgan fingerprint density at radius 3 is 2.53 bits per heavy atom. The molecule has 1 amide bonds. The van der Waals surface area contributed by atoms with Gasteiger partial charge in [0.15, 0.2) is 0 Å². The Morgan fingerprint density at radius 2 is 2.00 bits per heavy atom. The van der Waals surface area contributed by atoms with Crippen LogP contribution in [0.5, 0.6) is 0 Å². The van der Waals surface area contributed by atoms with Crippen LogP contribution in [0.25, 0.3) is 0 Å². The number of carbonyl (C=O) groups excluding carboxylic acids is 1. The van der Waals surface area contributed by atoms with Gasteiger partial charge in [-0.05, 0) is 36.1 Å². The Kier molecular flexibility index (Phi) is 4.56. The molecule has 2 aromatic rings. The molecule has 0 aliphatic heterocycles. The van der Waals surface area contributed by atoms with Crippen LogP contribution >= 0.6 is 22.9 Å². The van der Waals surface area contributed by atoms with E-state index in [9.17, 15) is 9.18 Å². The summed E-state index contributed by atoms with van der Waals surface area (Å²) in [5.41, 5.74) is 0.828. The Labute approximate surface area is 120 Å². The predicted octanol–water partition coefficient (Wildman–Crippen LogP) is 3.72. The van der Waals surface area contributed by atoms with Crippen molar-refractivity contribution in [1.29, 1.82) is 0 Å². The number of amides is 1. The van der Waals surface area contributed by atoms with Gasteiger partial charge in [-0.15, -0.1) is 22.9 Å². The van der Waals surface area contributed by atoms with Crippen molar-refractivity contribution in [3.8, 4) is 0 Å². The van der Waals surface area contributed by atoms with E-state index < -0.39 is 5.38 Å². The molecule has 2 nitrogen and oxygen atoms in total. The van der Waals surface area contributed by atoms with E-state index in [1.807, 2.05) is 17.5 Å². The lowest BCUT2D eigenvalue weighted by molar-refractivity contribution is -0.120. The zero-order chi connectivity index (χ0) is 13.8. The number of benzene rings is 1. The molecular weight excluding hydrogens is 285 g/mol. The third-order valence-corrected chi connectivity index (χ3v) is 3.81. The van der Waals surface area contributed by atoms with Crippen molar-refractivity contribution in [3.05, 3.63) is 58.0 Å².